The normalized spacial score (nSPS) is 10.3. The first-order valence-electron chi connectivity index (χ1n) is 5.66. The lowest BCUT2D eigenvalue weighted by molar-refractivity contribution is 0.128. The molecule has 1 aromatic heterocycles. The summed E-state index contributed by atoms with van der Waals surface area (Å²) in [5.74, 6) is 3.40. The van der Waals surface area contributed by atoms with Crippen molar-refractivity contribution in [1.82, 2.24) is 9.97 Å². The molecule has 0 aromatic carbocycles. The molecule has 1 aromatic rings. The molecule has 0 bridgehead atoms. The summed E-state index contributed by atoms with van der Waals surface area (Å²) in [6.45, 7) is 3.97. The van der Waals surface area contributed by atoms with E-state index in [9.17, 15) is 0 Å². The van der Waals surface area contributed by atoms with E-state index in [1.807, 2.05) is 20.0 Å². The first kappa shape index (κ1) is 14.1. The largest absolute Gasteiger partial charge is 0.374 e. The van der Waals surface area contributed by atoms with Gasteiger partial charge in [0.05, 0.1) is 0 Å². The predicted octanol–water partition coefficient (Wildman–Crippen LogP) is 1.83. The second kappa shape index (κ2) is 8.14. The van der Waals surface area contributed by atoms with Crippen LogP contribution >= 0.6 is 11.8 Å². The topological polar surface area (TPSA) is 59.1 Å². The average Bonchev–Trinajstić information content (AvgIpc) is 2.36. The fourth-order valence-corrected chi connectivity index (χ4v) is 1.56. The second-order valence-electron chi connectivity index (χ2n) is 3.36. The molecule has 0 saturated carbocycles. The van der Waals surface area contributed by atoms with Gasteiger partial charge in [-0.1, -0.05) is 0 Å². The maximum atomic E-state index is 5.32. The summed E-state index contributed by atoms with van der Waals surface area (Å²) in [4.78, 5) is 8.72. The number of thioether (sulfide) groups is 1. The van der Waals surface area contributed by atoms with E-state index in [0.29, 0.717) is 19.0 Å². The van der Waals surface area contributed by atoms with Crippen LogP contribution in [0, 0.1) is 0 Å². The molecule has 1 heterocycles. The highest BCUT2D eigenvalue weighted by Gasteiger charge is 2.03. The third-order valence-corrected chi connectivity index (χ3v) is 2.69. The van der Waals surface area contributed by atoms with Crippen LogP contribution in [-0.2, 0) is 11.3 Å². The quantitative estimate of drug-likeness (QED) is 0.692. The molecular formula is C11H20N4OS. The molecule has 0 radical (unpaired) electrons. The Morgan fingerprint density at radius 1 is 1.35 bits per heavy atom. The van der Waals surface area contributed by atoms with Gasteiger partial charge in [0.25, 0.3) is 0 Å². The predicted molar refractivity (Wildman–Crippen MR) is 73.8 cm³/mol. The van der Waals surface area contributed by atoms with Crippen LogP contribution in [0.25, 0.3) is 0 Å². The van der Waals surface area contributed by atoms with E-state index in [1.165, 1.54) is 0 Å². The zero-order valence-corrected chi connectivity index (χ0v) is 11.4. The smallest absolute Gasteiger partial charge is 0.158 e. The van der Waals surface area contributed by atoms with Gasteiger partial charge in [0, 0.05) is 32.0 Å². The summed E-state index contributed by atoms with van der Waals surface area (Å²) in [7, 11) is 1.85. The van der Waals surface area contributed by atoms with Crippen LogP contribution in [0.5, 0.6) is 0 Å². The lowest BCUT2D eigenvalue weighted by atomic mass is 10.4. The molecule has 0 spiro atoms. The Morgan fingerprint density at radius 3 is 2.76 bits per heavy atom. The minimum absolute atomic E-state index is 0.448. The van der Waals surface area contributed by atoms with Crippen LogP contribution in [0.3, 0.4) is 0 Å². The van der Waals surface area contributed by atoms with Gasteiger partial charge in [0.2, 0.25) is 0 Å². The molecule has 0 aliphatic rings. The average molecular weight is 256 g/mol. The van der Waals surface area contributed by atoms with E-state index >= 15 is 0 Å². The van der Waals surface area contributed by atoms with Crippen LogP contribution in [-0.4, -0.2) is 42.2 Å². The summed E-state index contributed by atoms with van der Waals surface area (Å²) in [5.41, 5.74) is 0. The van der Waals surface area contributed by atoms with Gasteiger partial charge in [-0.15, -0.1) is 0 Å². The highest BCUT2D eigenvalue weighted by atomic mass is 32.2. The van der Waals surface area contributed by atoms with E-state index in [2.05, 4.69) is 26.9 Å². The fraction of sp³-hybridized carbons (Fsp3) is 0.636. The summed E-state index contributed by atoms with van der Waals surface area (Å²) in [6, 6.07) is 1.90. The highest BCUT2D eigenvalue weighted by Crippen LogP contribution is 2.11. The molecule has 17 heavy (non-hydrogen) atoms. The number of nitrogens with zero attached hydrogens (tertiary/aromatic N) is 2. The number of anilines is 2. The molecule has 0 fully saturated rings. The van der Waals surface area contributed by atoms with Crippen LogP contribution in [0.4, 0.5) is 11.6 Å². The van der Waals surface area contributed by atoms with Crippen molar-refractivity contribution in [2.24, 2.45) is 0 Å². The van der Waals surface area contributed by atoms with Gasteiger partial charge in [-0.2, -0.15) is 11.8 Å². The third-order valence-electron chi connectivity index (χ3n) is 2.08. The van der Waals surface area contributed by atoms with Crippen LogP contribution < -0.4 is 10.6 Å². The Balaban J connectivity index is 2.67. The second-order valence-corrected chi connectivity index (χ2v) is 4.35. The van der Waals surface area contributed by atoms with Crippen molar-refractivity contribution in [2.75, 3.05) is 42.8 Å². The Hall–Kier alpha value is -1.01. The highest BCUT2D eigenvalue weighted by molar-refractivity contribution is 7.98. The summed E-state index contributed by atoms with van der Waals surface area (Å²) < 4.78 is 5.32. The van der Waals surface area contributed by atoms with Crippen molar-refractivity contribution in [2.45, 2.75) is 13.5 Å². The van der Waals surface area contributed by atoms with Crippen molar-refractivity contribution < 1.29 is 4.74 Å². The molecule has 0 aliphatic carbocycles. The van der Waals surface area contributed by atoms with E-state index in [1.54, 1.807) is 11.8 Å². The van der Waals surface area contributed by atoms with E-state index in [4.69, 9.17) is 4.74 Å². The van der Waals surface area contributed by atoms with Crippen molar-refractivity contribution in [1.29, 1.82) is 0 Å². The van der Waals surface area contributed by atoms with E-state index in [0.717, 1.165) is 23.9 Å². The van der Waals surface area contributed by atoms with Crippen molar-refractivity contribution in [3.63, 3.8) is 0 Å². The fourth-order valence-electron chi connectivity index (χ4n) is 1.25. The zero-order chi connectivity index (χ0) is 12.5. The first-order chi connectivity index (χ1) is 8.30. The Kier molecular flexibility index (Phi) is 6.73. The van der Waals surface area contributed by atoms with Gasteiger partial charge in [-0.25, -0.2) is 9.97 Å². The van der Waals surface area contributed by atoms with Gasteiger partial charge < -0.3 is 15.4 Å². The van der Waals surface area contributed by atoms with Gasteiger partial charge in [0.1, 0.15) is 18.2 Å². The standard InChI is InChI=1S/C11H20N4OS/c1-4-16-8-11-14-9(12-2)7-10(15-11)13-5-6-17-3/h7H,4-6,8H2,1-3H3,(H2,12,13,14,15). The molecule has 0 aliphatic heterocycles. The molecule has 2 N–H and O–H groups in total. The van der Waals surface area contributed by atoms with Crippen molar-refractivity contribution >= 4 is 23.4 Å². The van der Waals surface area contributed by atoms with Gasteiger partial charge in [-0.05, 0) is 13.2 Å². The summed E-state index contributed by atoms with van der Waals surface area (Å²) in [6.07, 6.45) is 2.08. The van der Waals surface area contributed by atoms with E-state index < -0.39 is 0 Å². The molecule has 0 unspecified atom stereocenters. The molecule has 6 heteroatoms. The lowest BCUT2D eigenvalue weighted by Crippen LogP contribution is -2.09. The maximum Gasteiger partial charge on any atom is 0.158 e. The first-order valence-corrected chi connectivity index (χ1v) is 7.05. The number of aromatic nitrogens is 2. The Bertz CT molecular complexity index is 335. The molecular weight excluding hydrogens is 236 g/mol. The van der Waals surface area contributed by atoms with Gasteiger partial charge in [-0.3, -0.25) is 0 Å². The molecule has 0 atom stereocenters. The molecule has 5 nitrogen and oxygen atoms in total. The third kappa shape index (κ3) is 5.23. The SMILES string of the molecule is CCOCc1nc(NC)cc(NCCSC)n1. The summed E-state index contributed by atoms with van der Waals surface area (Å²) in [5, 5.41) is 6.29. The zero-order valence-electron chi connectivity index (χ0n) is 10.6. The Morgan fingerprint density at radius 2 is 2.12 bits per heavy atom. The van der Waals surface area contributed by atoms with Crippen LogP contribution in [0.15, 0.2) is 6.07 Å². The van der Waals surface area contributed by atoms with Gasteiger partial charge in [0.15, 0.2) is 5.82 Å². The minimum Gasteiger partial charge on any atom is -0.374 e. The number of rotatable bonds is 8. The monoisotopic (exact) mass is 256 g/mol. The number of nitrogens with one attached hydrogen (secondary N) is 2. The summed E-state index contributed by atoms with van der Waals surface area (Å²) >= 11 is 1.80. The molecule has 0 amide bonds. The minimum atomic E-state index is 0.448. The van der Waals surface area contributed by atoms with Crippen molar-refractivity contribution in [3.05, 3.63) is 11.9 Å². The number of hydrogen-bond donors (Lipinski definition) is 2. The van der Waals surface area contributed by atoms with Crippen LogP contribution in [0.2, 0.25) is 0 Å². The maximum absolute atomic E-state index is 5.32. The molecule has 1 rings (SSSR count). The molecule has 96 valence electrons. The number of ether oxygens (including phenoxy) is 1. The van der Waals surface area contributed by atoms with Crippen LogP contribution in [0.1, 0.15) is 12.7 Å². The van der Waals surface area contributed by atoms with Crippen molar-refractivity contribution in [3.8, 4) is 0 Å². The number of hydrogen-bond acceptors (Lipinski definition) is 6. The molecule has 0 saturated heterocycles. The Labute approximate surface area is 107 Å². The van der Waals surface area contributed by atoms with E-state index in [-0.39, 0.29) is 0 Å². The lowest BCUT2D eigenvalue weighted by Gasteiger charge is -2.09. The van der Waals surface area contributed by atoms with Gasteiger partial charge >= 0.3 is 0 Å².